The summed E-state index contributed by atoms with van der Waals surface area (Å²) < 4.78 is 6.53. The number of nitrogens with zero attached hydrogens (tertiary/aromatic N) is 1. The van der Waals surface area contributed by atoms with Crippen LogP contribution in [-0.2, 0) is 0 Å². The van der Waals surface area contributed by atoms with Gasteiger partial charge in [-0.2, -0.15) is 0 Å². The highest BCUT2D eigenvalue weighted by atomic mass is 16.3. The Morgan fingerprint density at radius 2 is 0.817 bits per heavy atom. The van der Waals surface area contributed by atoms with Gasteiger partial charge in [0, 0.05) is 33.1 Å². The lowest BCUT2D eigenvalue weighted by molar-refractivity contribution is 0.672. The molecule has 0 N–H and O–H groups in total. The van der Waals surface area contributed by atoms with Crippen molar-refractivity contribution in [3.8, 4) is 33.4 Å². The number of hydrogen-bond acceptors (Lipinski definition) is 2. The van der Waals surface area contributed by atoms with Crippen molar-refractivity contribution in [1.82, 2.24) is 0 Å². The predicted octanol–water partition coefficient (Wildman–Crippen LogP) is 16.7. The summed E-state index contributed by atoms with van der Waals surface area (Å²) in [6, 6.07) is 81.3. The Balaban J connectivity index is 0.987. The lowest BCUT2D eigenvalue weighted by Crippen LogP contribution is -2.11. The molecule has 0 unspecified atom stereocenters. The SMILES string of the molecule is c1ccc(N(c2ccc(-c3ccc4c(ccc5ccccc54)c3)cc2)c2ccc(-c3cccc4ccccc34)cc2)c(-c2ccc3oc4c5ccccc5ccc4c3c2)c1. The molecule has 0 atom stereocenters. The third-order valence-electron chi connectivity index (χ3n) is 12.2. The zero-order chi connectivity index (χ0) is 39.6. The van der Waals surface area contributed by atoms with Gasteiger partial charge < -0.3 is 9.32 Å². The molecule has 280 valence electrons. The van der Waals surface area contributed by atoms with E-state index in [1.165, 1.54) is 60.0 Å². The minimum atomic E-state index is 0.890. The Hall–Kier alpha value is -7.94. The minimum Gasteiger partial charge on any atom is -0.455 e. The monoisotopic (exact) mass is 763 g/mol. The van der Waals surface area contributed by atoms with Crippen LogP contribution in [0.1, 0.15) is 0 Å². The van der Waals surface area contributed by atoms with Crippen molar-refractivity contribution >= 4 is 82.1 Å². The number of benzene rings is 11. The Morgan fingerprint density at radius 1 is 0.283 bits per heavy atom. The molecule has 0 aliphatic carbocycles. The molecular weight excluding hydrogens is 727 g/mol. The van der Waals surface area contributed by atoms with Crippen LogP contribution in [0, 0.1) is 0 Å². The van der Waals surface area contributed by atoms with Crippen molar-refractivity contribution in [2.75, 3.05) is 4.90 Å². The van der Waals surface area contributed by atoms with Crippen LogP contribution in [0.3, 0.4) is 0 Å². The van der Waals surface area contributed by atoms with E-state index in [1.54, 1.807) is 0 Å². The smallest absolute Gasteiger partial charge is 0.143 e. The quantitative estimate of drug-likeness (QED) is 0.157. The number of rotatable bonds is 6. The zero-order valence-electron chi connectivity index (χ0n) is 32.7. The predicted molar refractivity (Wildman–Crippen MR) is 255 cm³/mol. The largest absolute Gasteiger partial charge is 0.455 e. The number of fused-ring (bicyclic) bond motifs is 9. The van der Waals surface area contributed by atoms with Crippen LogP contribution in [0.25, 0.3) is 98.4 Å². The van der Waals surface area contributed by atoms with Crippen LogP contribution < -0.4 is 4.90 Å². The molecule has 0 radical (unpaired) electrons. The van der Waals surface area contributed by atoms with E-state index in [0.29, 0.717) is 0 Å². The van der Waals surface area contributed by atoms with E-state index in [1.807, 2.05) is 0 Å². The average Bonchev–Trinajstić information content (AvgIpc) is 3.70. The first kappa shape index (κ1) is 34.1. The first-order chi connectivity index (χ1) is 29.7. The number of para-hydroxylation sites is 1. The first-order valence-corrected chi connectivity index (χ1v) is 20.6. The summed E-state index contributed by atoms with van der Waals surface area (Å²) in [5, 5.41) is 12.1. The van der Waals surface area contributed by atoms with Crippen molar-refractivity contribution in [2.24, 2.45) is 0 Å². The molecule has 2 nitrogen and oxygen atoms in total. The van der Waals surface area contributed by atoms with Crippen molar-refractivity contribution in [2.45, 2.75) is 0 Å². The summed E-state index contributed by atoms with van der Waals surface area (Å²) in [5.41, 5.74) is 12.1. The van der Waals surface area contributed by atoms with E-state index < -0.39 is 0 Å². The standard InChI is InChI=1S/C58H37NO/c1-4-14-48-39(10-1)13-9-18-50(48)42-24-31-47(32-25-42)59(46-29-22-38(23-30-46)43-27-33-51-44(36-43)21-20-40-11-2-5-15-49(40)51)56-19-8-7-16-52(56)45-28-35-57-55(37-45)54-34-26-41-12-3-6-17-53(41)58(54)60-57/h1-37H. The fraction of sp³-hybridized carbons (Fsp3) is 0. The van der Waals surface area contributed by atoms with Gasteiger partial charge >= 0.3 is 0 Å². The van der Waals surface area contributed by atoms with Gasteiger partial charge in [0.1, 0.15) is 11.2 Å². The van der Waals surface area contributed by atoms with E-state index in [0.717, 1.165) is 55.5 Å². The highest BCUT2D eigenvalue weighted by molar-refractivity contribution is 6.16. The van der Waals surface area contributed by atoms with Crippen molar-refractivity contribution < 1.29 is 4.42 Å². The zero-order valence-corrected chi connectivity index (χ0v) is 32.7. The third-order valence-corrected chi connectivity index (χ3v) is 12.2. The summed E-state index contributed by atoms with van der Waals surface area (Å²) in [6.45, 7) is 0. The van der Waals surface area contributed by atoms with Crippen molar-refractivity contribution in [3.63, 3.8) is 0 Å². The molecule has 0 amide bonds. The van der Waals surface area contributed by atoms with Crippen molar-refractivity contribution in [3.05, 3.63) is 224 Å². The maximum Gasteiger partial charge on any atom is 0.143 e. The van der Waals surface area contributed by atoms with Crippen LogP contribution in [0.2, 0.25) is 0 Å². The number of hydrogen-bond donors (Lipinski definition) is 0. The fourth-order valence-corrected chi connectivity index (χ4v) is 9.27. The average molecular weight is 764 g/mol. The Labute approximate surface area is 347 Å². The maximum absolute atomic E-state index is 6.53. The molecule has 1 heterocycles. The van der Waals surface area contributed by atoms with Gasteiger partial charge in [-0.25, -0.2) is 0 Å². The summed E-state index contributed by atoms with van der Waals surface area (Å²) in [4.78, 5) is 2.39. The Morgan fingerprint density at radius 3 is 1.62 bits per heavy atom. The number of anilines is 3. The van der Waals surface area contributed by atoms with Gasteiger partial charge in [0.05, 0.1) is 5.69 Å². The van der Waals surface area contributed by atoms with Crippen LogP contribution in [0.4, 0.5) is 17.1 Å². The van der Waals surface area contributed by atoms with E-state index >= 15 is 0 Å². The van der Waals surface area contributed by atoms with Crippen molar-refractivity contribution in [1.29, 1.82) is 0 Å². The molecule has 0 saturated carbocycles. The van der Waals surface area contributed by atoms with Crippen LogP contribution >= 0.6 is 0 Å². The minimum absolute atomic E-state index is 0.890. The van der Waals surface area contributed by atoms with Gasteiger partial charge in [0.25, 0.3) is 0 Å². The maximum atomic E-state index is 6.53. The topological polar surface area (TPSA) is 16.4 Å². The van der Waals surface area contributed by atoms with Gasteiger partial charge in [0.2, 0.25) is 0 Å². The molecule has 0 saturated heterocycles. The molecule has 60 heavy (non-hydrogen) atoms. The van der Waals surface area contributed by atoms with Gasteiger partial charge in [-0.1, -0.05) is 170 Å². The normalized spacial score (nSPS) is 11.7. The van der Waals surface area contributed by atoms with Crippen LogP contribution in [0.15, 0.2) is 229 Å². The summed E-state index contributed by atoms with van der Waals surface area (Å²) in [6.07, 6.45) is 0. The molecule has 0 bridgehead atoms. The Bertz CT molecular complexity index is 3590. The fourth-order valence-electron chi connectivity index (χ4n) is 9.27. The molecule has 12 aromatic rings. The summed E-state index contributed by atoms with van der Waals surface area (Å²) in [5.74, 6) is 0. The first-order valence-electron chi connectivity index (χ1n) is 20.6. The van der Waals surface area contributed by atoms with E-state index in [4.69, 9.17) is 4.42 Å². The lowest BCUT2D eigenvalue weighted by atomic mass is 9.96. The molecule has 12 rings (SSSR count). The molecule has 0 aliphatic rings. The molecular formula is C58H37NO. The molecule has 0 aliphatic heterocycles. The van der Waals surface area contributed by atoms with Gasteiger partial charge in [-0.3, -0.25) is 0 Å². The second-order valence-electron chi connectivity index (χ2n) is 15.7. The summed E-state index contributed by atoms with van der Waals surface area (Å²) >= 11 is 0. The van der Waals surface area contributed by atoms with E-state index in [2.05, 4.69) is 229 Å². The lowest BCUT2D eigenvalue weighted by Gasteiger charge is -2.28. The Kier molecular flexibility index (Phi) is 7.89. The highest BCUT2D eigenvalue weighted by Crippen LogP contribution is 2.44. The third kappa shape index (κ3) is 5.65. The highest BCUT2D eigenvalue weighted by Gasteiger charge is 2.19. The van der Waals surface area contributed by atoms with Gasteiger partial charge in [0.15, 0.2) is 0 Å². The second kappa shape index (κ2) is 13.9. The number of furan rings is 1. The van der Waals surface area contributed by atoms with Gasteiger partial charge in [-0.15, -0.1) is 0 Å². The van der Waals surface area contributed by atoms with E-state index in [9.17, 15) is 0 Å². The van der Waals surface area contributed by atoms with Gasteiger partial charge in [-0.05, 0) is 120 Å². The second-order valence-corrected chi connectivity index (χ2v) is 15.7. The molecule has 1 aromatic heterocycles. The van der Waals surface area contributed by atoms with Crippen LogP contribution in [-0.4, -0.2) is 0 Å². The molecule has 2 heteroatoms. The summed E-state index contributed by atoms with van der Waals surface area (Å²) in [7, 11) is 0. The molecule has 11 aromatic carbocycles. The van der Waals surface area contributed by atoms with E-state index in [-0.39, 0.29) is 0 Å². The van der Waals surface area contributed by atoms with Crippen LogP contribution in [0.5, 0.6) is 0 Å². The molecule has 0 spiro atoms. The molecule has 0 fully saturated rings.